The highest BCUT2D eigenvalue weighted by molar-refractivity contribution is 7.92. The minimum absolute atomic E-state index is 0. The number of H-pyrrole nitrogens is 1. The molecule has 2 aliphatic rings. The molecule has 12 nitrogen and oxygen atoms in total. The molecule has 2 aliphatic carbocycles. The zero-order chi connectivity index (χ0) is 35.1. The molecule has 50 heavy (non-hydrogen) atoms. The van der Waals surface area contributed by atoms with Gasteiger partial charge >= 0.3 is 12.6 Å². The Morgan fingerprint density at radius 3 is 2.18 bits per heavy atom. The SMILES string of the molecule is CS(=O)(=O)Nc1ccc(C(=O)NCCC(=O)O[C@@H](Cc2c(Cl)c[nH+]cc2Cl)c2ccc(OC(F)F)c(OCC3CC3)c2)cc1OCC1CC1.[OH-]. The van der Waals surface area contributed by atoms with Crippen molar-refractivity contribution in [3.05, 3.63) is 75.5 Å². The number of sulfonamides is 1. The number of nitrogens with one attached hydrogen (secondary N) is 3. The summed E-state index contributed by atoms with van der Waals surface area (Å²) in [5, 5.41) is 3.25. The maximum absolute atomic E-state index is 13.1. The smallest absolute Gasteiger partial charge is 0.387 e. The molecule has 17 heteroatoms. The van der Waals surface area contributed by atoms with E-state index < -0.39 is 34.6 Å². The third-order valence-corrected chi connectivity index (χ3v) is 8.98. The van der Waals surface area contributed by atoms with Gasteiger partial charge in [0.15, 0.2) is 23.9 Å². The number of carbonyl (C=O) groups excluding carboxylic acids is 2. The van der Waals surface area contributed by atoms with Crippen LogP contribution in [-0.2, 0) is 26.0 Å². The number of esters is 1. The fraction of sp³-hybridized carbons (Fsp3) is 0.424. The van der Waals surface area contributed by atoms with Gasteiger partial charge in [-0.15, -0.1) is 0 Å². The number of pyridine rings is 1. The molecule has 1 aromatic heterocycles. The van der Waals surface area contributed by atoms with E-state index in [0.29, 0.717) is 46.2 Å². The summed E-state index contributed by atoms with van der Waals surface area (Å²) >= 11 is 12.8. The first-order chi connectivity index (χ1) is 23.3. The van der Waals surface area contributed by atoms with Gasteiger partial charge in [-0.2, -0.15) is 8.78 Å². The fourth-order valence-corrected chi connectivity index (χ4v) is 5.86. The van der Waals surface area contributed by atoms with E-state index in [4.69, 9.17) is 37.4 Å². The van der Waals surface area contributed by atoms with Crippen molar-refractivity contribution in [2.75, 3.05) is 30.7 Å². The molecule has 2 fully saturated rings. The first-order valence-corrected chi connectivity index (χ1v) is 18.3. The zero-order valence-electron chi connectivity index (χ0n) is 26.9. The van der Waals surface area contributed by atoms with Crippen molar-refractivity contribution in [2.45, 2.75) is 51.2 Å². The summed E-state index contributed by atoms with van der Waals surface area (Å²) in [6.45, 7) is -2.44. The van der Waals surface area contributed by atoms with E-state index in [1.165, 1.54) is 48.8 Å². The van der Waals surface area contributed by atoms with E-state index >= 15 is 0 Å². The van der Waals surface area contributed by atoms with E-state index in [1.54, 1.807) is 0 Å². The van der Waals surface area contributed by atoms with Crippen molar-refractivity contribution in [2.24, 2.45) is 11.8 Å². The first kappa shape index (κ1) is 38.9. The predicted molar refractivity (Wildman–Crippen MR) is 179 cm³/mol. The normalized spacial score (nSPS) is 14.7. The van der Waals surface area contributed by atoms with Gasteiger partial charge in [-0.25, -0.2) is 13.4 Å². The average molecular weight is 761 g/mol. The highest BCUT2D eigenvalue weighted by Gasteiger charge is 2.27. The van der Waals surface area contributed by atoms with E-state index in [9.17, 15) is 26.8 Å². The van der Waals surface area contributed by atoms with Gasteiger partial charge in [0, 0.05) is 24.1 Å². The molecule has 4 N–H and O–H groups in total. The Morgan fingerprint density at radius 1 is 0.940 bits per heavy atom. The standard InChI is InChI=1S/C33H35Cl2F2N3O8S.H2O/c1-49(43,44)40-26-8-6-22(13-29(26)45-17-19-2-3-19)32(42)39-11-10-31(41)47-28(14-23-24(34)15-38-16-25(23)35)21-7-9-27(48-33(36)37)30(12-21)46-18-20-4-5-20;/h6-9,12-13,15-16,19-20,28,33,40H,2-5,10-11,14,17-18H2,1H3,(H,39,42);1H2/t28-;/m0./s1. The summed E-state index contributed by atoms with van der Waals surface area (Å²) in [6, 6.07) is 8.62. The number of ether oxygens (including phenoxy) is 4. The molecule has 2 aromatic carbocycles. The number of amides is 1. The van der Waals surface area contributed by atoms with Crippen LogP contribution in [0.3, 0.4) is 0 Å². The second-order valence-corrected chi connectivity index (χ2v) is 14.6. The number of hydrogen-bond acceptors (Lipinski definition) is 9. The minimum Gasteiger partial charge on any atom is -0.870 e. The third kappa shape index (κ3) is 11.9. The summed E-state index contributed by atoms with van der Waals surface area (Å²) in [5.41, 5.74) is 1.31. The Balaban J connectivity index is 0.00000562. The summed E-state index contributed by atoms with van der Waals surface area (Å²) in [6.07, 6.45) is 6.90. The van der Waals surface area contributed by atoms with Gasteiger partial charge in [-0.1, -0.05) is 29.3 Å². The maximum atomic E-state index is 13.1. The zero-order valence-corrected chi connectivity index (χ0v) is 29.3. The minimum atomic E-state index is -3.59. The van der Waals surface area contributed by atoms with Gasteiger partial charge in [0.2, 0.25) is 10.0 Å². The Morgan fingerprint density at radius 2 is 1.58 bits per heavy atom. The third-order valence-electron chi connectivity index (χ3n) is 7.71. The van der Waals surface area contributed by atoms with Gasteiger partial charge in [-0.05, 0) is 73.4 Å². The first-order valence-electron chi connectivity index (χ1n) is 15.6. The van der Waals surface area contributed by atoms with Crippen LogP contribution in [0.15, 0.2) is 48.8 Å². The van der Waals surface area contributed by atoms with Crippen LogP contribution in [-0.4, -0.2) is 58.4 Å². The molecule has 1 amide bonds. The topological polar surface area (TPSA) is 173 Å². The Labute approximate surface area is 298 Å². The van der Waals surface area contributed by atoms with E-state index in [2.05, 4.69) is 19.8 Å². The lowest BCUT2D eigenvalue weighted by atomic mass is 10.0. The van der Waals surface area contributed by atoms with Crippen molar-refractivity contribution in [1.29, 1.82) is 0 Å². The monoisotopic (exact) mass is 759 g/mol. The highest BCUT2D eigenvalue weighted by Crippen LogP contribution is 2.38. The molecule has 0 unspecified atom stereocenters. The number of halogens is 4. The predicted octanol–water partition coefficient (Wildman–Crippen LogP) is 5.83. The van der Waals surface area contributed by atoms with Crippen LogP contribution in [0.4, 0.5) is 14.5 Å². The summed E-state index contributed by atoms with van der Waals surface area (Å²) in [7, 11) is -3.59. The fourth-order valence-electron chi connectivity index (χ4n) is 4.76. The molecule has 0 saturated heterocycles. The largest absolute Gasteiger partial charge is 0.870 e. The van der Waals surface area contributed by atoms with Gasteiger partial charge < -0.3 is 29.7 Å². The van der Waals surface area contributed by atoms with Crippen molar-refractivity contribution in [3.63, 3.8) is 0 Å². The summed E-state index contributed by atoms with van der Waals surface area (Å²) in [5.74, 6) is -0.333. The maximum Gasteiger partial charge on any atom is 0.387 e. The Hall–Kier alpha value is -3.92. The summed E-state index contributed by atoms with van der Waals surface area (Å²) < 4.78 is 74.4. The van der Waals surface area contributed by atoms with Crippen LogP contribution < -0.4 is 29.2 Å². The number of aromatic nitrogens is 1. The molecule has 2 saturated carbocycles. The van der Waals surface area contributed by atoms with Gasteiger partial charge in [-0.3, -0.25) is 14.3 Å². The number of aromatic amines is 1. The molecular weight excluding hydrogens is 723 g/mol. The Bertz CT molecular complexity index is 1760. The number of hydrogen-bond donors (Lipinski definition) is 2. The summed E-state index contributed by atoms with van der Waals surface area (Å²) in [4.78, 5) is 28.9. The lowest BCUT2D eigenvalue weighted by Gasteiger charge is -2.21. The van der Waals surface area contributed by atoms with Gasteiger partial charge in [0.05, 0.1) is 31.6 Å². The molecule has 0 bridgehead atoms. The highest BCUT2D eigenvalue weighted by atomic mass is 35.5. The van der Waals surface area contributed by atoms with Crippen LogP contribution in [0, 0.1) is 11.8 Å². The molecule has 0 radical (unpaired) electrons. The van der Waals surface area contributed by atoms with Crippen LogP contribution >= 0.6 is 23.2 Å². The number of benzene rings is 2. The second kappa shape index (κ2) is 17.3. The van der Waals surface area contributed by atoms with Crippen LogP contribution in [0.5, 0.6) is 17.2 Å². The number of anilines is 1. The molecule has 1 atom stereocenters. The number of carbonyl (C=O) groups is 2. The van der Waals surface area contributed by atoms with E-state index in [0.717, 1.165) is 31.9 Å². The van der Waals surface area contributed by atoms with Gasteiger partial charge in [0.1, 0.15) is 21.9 Å². The molecule has 1 heterocycles. The molecule has 3 aromatic rings. The quantitative estimate of drug-likeness (QED) is 0.151. The second-order valence-electron chi connectivity index (χ2n) is 12.0. The Kier molecular flexibility index (Phi) is 13.5. The lowest BCUT2D eigenvalue weighted by molar-refractivity contribution is -0.377. The van der Waals surface area contributed by atoms with Crippen LogP contribution in [0.2, 0.25) is 10.0 Å². The van der Waals surface area contributed by atoms with Gasteiger partial charge in [0.25, 0.3) is 5.91 Å². The number of alkyl halides is 2. The van der Waals surface area contributed by atoms with Crippen molar-refractivity contribution >= 4 is 50.8 Å². The van der Waals surface area contributed by atoms with E-state index in [1.807, 2.05) is 0 Å². The average Bonchev–Trinajstić information content (AvgIpc) is 3.96. The number of rotatable bonds is 18. The van der Waals surface area contributed by atoms with E-state index in [-0.39, 0.29) is 53.4 Å². The lowest BCUT2D eigenvalue weighted by Crippen LogP contribution is -2.27. The molecule has 272 valence electrons. The molecule has 0 aliphatic heterocycles. The van der Waals surface area contributed by atoms with Crippen LogP contribution in [0.25, 0.3) is 0 Å². The van der Waals surface area contributed by atoms with Crippen molar-refractivity contribution in [3.8, 4) is 17.2 Å². The van der Waals surface area contributed by atoms with Crippen molar-refractivity contribution in [1.82, 2.24) is 5.32 Å². The van der Waals surface area contributed by atoms with Crippen LogP contribution in [0.1, 0.15) is 59.7 Å². The van der Waals surface area contributed by atoms with Crippen molar-refractivity contribution < 1.29 is 56.2 Å². The molecular formula is C33H37Cl2F2N3O9S. The molecule has 0 spiro atoms. The molecule has 5 rings (SSSR count).